The molecule has 2 aliphatic rings. The summed E-state index contributed by atoms with van der Waals surface area (Å²) >= 11 is 0. The van der Waals surface area contributed by atoms with Crippen LogP contribution in [0.15, 0.2) is 60.7 Å². The van der Waals surface area contributed by atoms with Gasteiger partial charge in [0.2, 0.25) is 0 Å². The van der Waals surface area contributed by atoms with Crippen LogP contribution in [-0.2, 0) is 17.1 Å². The Hall–Kier alpha value is -0.181. The molecule has 2 aliphatic carbocycles. The van der Waals surface area contributed by atoms with Crippen molar-refractivity contribution in [3.63, 3.8) is 0 Å². The zero-order chi connectivity index (χ0) is 24.8. The summed E-state index contributed by atoms with van der Waals surface area (Å²) in [6.45, 7) is 16.8. The van der Waals surface area contributed by atoms with Crippen LogP contribution in [0.3, 0.4) is 0 Å². The van der Waals surface area contributed by atoms with Crippen molar-refractivity contribution in [2.24, 2.45) is 0 Å². The zero-order valence-corrected chi connectivity index (χ0v) is 24.5. The average Bonchev–Trinajstić information content (AvgIpc) is 3.49. The van der Waals surface area contributed by atoms with Crippen LogP contribution in [0.2, 0.25) is 0 Å². The topological polar surface area (TPSA) is 0 Å². The maximum Gasteiger partial charge on any atom is 0.0248 e. The van der Waals surface area contributed by atoms with E-state index in [2.05, 4.69) is 160 Å². The largest absolute Gasteiger partial charge is 0.0921 e. The Labute approximate surface area is 230 Å². The van der Waals surface area contributed by atoms with E-state index in [1.54, 1.807) is 0 Å². The fraction of sp³-hybridized carbons (Fsp3) is 0.312. The molecule has 0 aromatic heterocycles. The van der Waals surface area contributed by atoms with Gasteiger partial charge in [-0.15, -0.1) is 0 Å². The Bertz CT molecular complexity index is 772. The molecule has 0 spiro atoms. The van der Waals surface area contributed by atoms with Crippen LogP contribution in [0.1, 0.15) is 48.5 Å². The monoisotopic (exact) mass is 534 g/mol. The van der Waals surface area contributed by atoms with Crippen LogP contribution in [0.4, 0.5) is 0 Å². The van der Waals surface area contributed by atoms with Crippen LogP contribution in [-0.4, -0.2) is 16.0 Å². The molecule has 0 saturated heterocycles. The van der Waals surface area contributed by atoms with Gasteiger partial charge in [0.05, 0.1) is 0 Å². The van der Waals surface area contributed by atoms with Gasteiger partial charge < -0.3 is 0 Å². The predicted molar refractivity (Wildman–Crippen MR) is 147 cm³/mol. The second kappa shape index (κ2) is 14.1. The summed E-state index contributed by atoms with van der Waals surface area (Å²) in [6, 6.07) is 21.8. The molecule has 18 radical (unpaired) electrons. The molecule has 2 aromatic carbocycles. The number of hydrogen-bond acceptors (Lipinski definition) is 0. The Morgan fingerprint density at radius 1 is 0.600 bits per heavy atom. The number of hydrogen-bond donors (Lipinski definition) is 0. The van der Waals surface area contributed by atoms with Gasteiger partial charge in [0.25, 0.3) is 0 Å². The number of rotatable bonds is 5. The minimum Gasteiger partial charge on any atom is -0.0921 e. The molecule has 35 heavy (non-hydrogen) atoms. The van der Waals surface area contributed by atoms with Crippen molar-refractivity contribution in [2.45, 2.75) is 64.4 Å². The molecule has 178 valence electrons. The summed E-state index contributed by atoms with van der Waals surface area (Å²) in [5, 5.41) is 3.25. The molecule has 0 unspecified atom stereocenters. The molecular weight excluding hydrogens is 502 g/mol. The van der Waals surface area contributed by atoms with Crippen molar-refractivity contribution in [1.29, 1.82) is 0 Å². The van der Waals surface area contributed by atoms with Gasteiger partial charge in [0.15, 0.2) is 0 Å². The second-order valence-corrected chi connectivity index (χ2v) is 16.5. The van der Waals surface area contributed by atoms with Crippen LogP contribution < -0.4 is 10.6 Å². The minimum absolute atomic E-state index is 0. The molecule has 2 fully saturated rings. The van der Waals surface area contributed by atoms with Gasteiger partial charge in [-0.2, -0.15) is 0 Å². The van der Waals surface area contributed by atoms with Gasteiger partial charge in [0, 0.05) is 80.0 Å². The van der Waals surface area contributed by atoms with Crippen molar-refractivity contribution >= 4 is 26.5 Å². The normalized spacial score (nSPS) is 18.3. The van der Waals surface area contributed by atoms with Crippen molar-refractivity contribution in [2.75, 3.05) is 0 Å². The van der Waals surface area contributed by atoms with Gasteiger partial charge in [0.1, 0.15) is 0 Å². The summed E-state index contributed by atoms with van der Waals surface area (Å²) in [6.07, 6.45) is 22.7. The zero-order valence-electron chi connectivity index (χ0n) is 21.6. The third-order valence-electron chi connectivity index (χ3n) is 5.45. The quantitative estimate of drug-likeness (QED) is 0.278. The SMILES string of the molecule is C[C@H]([C]1[C][C][C][C]1P(c1ccccc1)c1ccccc1)P(C(C)(C)C)C(C)(C)C.[C]1[C][C][C][C]1.[Fe]. The van der Waals surface area contributed by atoms with E-state index in [9.17, 15) is 0 Å². The second-order valence-electron chi connectivity index (χ2n) is 10.2. The van der Waals surface area contributed by atoms with Crippen LogP contribution in [0.25, 0.3) is 0 Å². The van der Waals surface area contributed by atoms with E-state index in [0.717, 1.165) is 0 Å². The number of benzene rings is 2. The maximum atomic E-state index is 3.50. The Morgan fingerprint density at radius 3 is 1.37 bits per heavy atom. The van der Waals surface area contributed by atoms with Crippen molar-refractivity contribution in [3.8, 4) is 0 Å². The van der Waals surface area contributed by atoms with Crippen molar-refractivity contribution in [3.05, 3.63) is 124 Å². The van der Waals surface area contributed by atoms with Crippen LogP contribution in [0, 0.1) is 62.9 Å². The molecule has 0 bridgehead atoms. The molecule has 2 saturated carbocycles. The molecule has 0 N–H and O–H groups in total. The molecule has 0 amide bonds. The minimum atomic E-state index is -0.666. The first-order chi connectivity index (χ1) is 16.1. The molecular formula is C32H32FeP2. The van der Waals surface area contributed by atoms with E-state index in [0.29, 0.717) is 5.66 Å². The van der Waals surface area contributed by atoms with E-state index in [1.807, 2.05) is 0 Å². The van der Waals surface area contributed by atoms with Crippen LogP contribution in [0.5, 0.6) is 0 Å². The van der Waals surface area contributed by atoms with Crippen molar-refractivity contribution in [1.82, 2.24) is 0 Å². The average molecular weight is 534 g/mol. The first kappa shape index (κ1) is 31.0. The third-order valence-corrected chi connectivity index (χ3v) is 11.8. The van der Waals surface area contributed by atoms with Gasteiger partial charge >= 0.3 is 0 Å². The summed E-state index contributed by atoms with van der Waals surface area (Å²) in [7, 11) is -0.961. The van der Waals surface area contributed by atoms with E-state index in [-0.39, 0.29) is 35.3 Å². The fourth-order valence-corrected chi connectivity index (χ4v) is 12.1. The Morgan fingerprint density at radius 2 is 1.00 bits per heavy atom. The van der Waals surface area contributed by atoms with E-state index >= 15 is 0 Å². The van der Waals surface area contributed by atoms with Gasteiger partial charge in [-0.25, -0.2) is 0 Å². The third kappa shape index (κ3) is 8.68. The molecule has 3 heteroatoms. The van der Waals surface area contributed by atoms with E-state index in [4.69, 9.17) is 0 Å². The summed E-state index contributed by atoms with van der Waals surface area (Å²) in [5.41, 5.74) is 1.74. The Balaban J connectivity index is 0.000000640. The molecule has 2 aromatic rings. The smallest absolute Gasteiger partial charge is 0.0248 e. The maximum absolute atomic E-state index is 3.50. The summed E-state index contributed by atoms with van der Waals surface area (Å²) < 4.78 is 0. The summed E-state index contributed by atoms with van der Waals surface area (Å²) in [5.74, 6) is 1.32. The van der Waals surface area contributed by atoms with Gasteiger partial charge in [-0.05, 0) is 34.5 Å². The van der Waals surface area contributed by atoms with Crippen molar-refractivity contribution < 1.29 is 17.1 Å². The van der Waals surface area contributed by atoms with Gasteiger partial charge in [-0.1, -0.05) is 117 Å². The van der Waals surface area contributed by atoms with E-state index in [1.165, 1.54) is 22.2 Å². The first-order valence-corrected chi connectivity index (χ1v) is 14.3. The van der Waals surface area contributed by atoms with Crippen LogP contribution >= 0.6 is 15.8 Å². The standard InChI is InChI=1S/C27H32P2.C5.Fe/c1-21(29(26(2,3)4)27(5,6)7)24-19-14-20-25(24)28(22-15-10-8-11-16-22)23-17-12-9-13-18-23;1-2-4-5-3-1;/h8-13,15-18,21H,1-7H3;;/t21-;;/m1../s1. The molecule has 0 nitrogen and oxygen atoms in total. The molecule has 4 rings (SSSR count). The molecule has 0 heterocycles. The first-order valence-electron chi connectivity index (χ1n) is 11.6. The fourth-order valence-electron chi connectivity index (χ4n) is 4.78. The van der Waals surface area contributed by atoms with Gasteiger partial charge in [-0.3, -0.25) is 0 Å². The summed E-state index contributed by atoms with van der Waals surface area (Å²) in [4.78, 5) is 0. The molecule has 0 aliphatic heterocycles. The predicted octanol–water partition coefficient (Wildman–Crippen LogP) is 7.35. The Kier molecular flexibility index (Phi) is 12.5. The van der Waals surface area contributed by atoms with E-state index < -0.39 is 7.92 Å². The molecule has 1 atom stereocenters.